The van der Waals surface area contributed by atoms with E-state index < -0.39 is 0 Å². The van der Waals surface area contributed by atoms with Crippen LogP contribution in [0.25, 0.3) is 21.9 Å². The normalized spacial score (nSPS) is 10.7. The smallest absolute Gasteiger partial charge is 0.193 e. The summed E-state index contributed by atoms with van der Waals surface area (Å²) in [5, 5.41) is 2.46. The summed E-state index contributed by atoms with van der Waals surface area (Å²) in [6.07, 6.45) is 0. The van der Waals surface area contributed by atoms with E-state index >= 15 is 0 Å². The van der Waals surface area contributed by atoms with Crippen molar-refractivity contribution in [2.45, 2.75) is 0 Å². The van der Waals surface area contributed by atoms with E-state index in [1.807, 2.05) is 66.7 Å². The Balaban J connectivity index is 1.66. The summed E-state index contributed by atoms with van der Waals surface area (Å²) in [6, 6.07) is 32.0. The molecule has 0 aromatic heterocycles. The molecule has 0 spiro atoms. The lowest BCUT2D eigenvalue weighted by Crippen LogP contribution is -2.00. The molecule has 0 saturated carbocycles. The highest BCUT2D eigenvalue weighted by atomic mass is 16.1. The molecule has 0 saturated heterocycles. The molecular formula is C23H16O. The van der Waals surface area contributed by atoms with E-state index in [4.69, 9.17) is 0 Å². The first-order chi connectivity index (χ1) is 11.8. The van der Waals surface area contributed by atoms with Crippen molar-refractivity contribution in [2.75, 3.05) is 0 Å². The van der Waals surface area contributed by atoms with Gasteiger partial charge in [-0.15, -0.1) is 0 Å². The first-order valence-corrected chi connectivity index (χ1v) is 8.00. The van der Waals surface area contributed by atoms with E-state index in [2.05, 4.69) is 30.3 Å². The van der Waals surface area contributed by atoms with Crippen LogP contribution in [0.1, 0.15) is 15.9 Å². The van der Waals surface area contributed by atoms with Crippen molar-refractivity contribution in [2.24, 2.45) is 0 Å². The van der Waals surface area contributed by atoms with Gasteiger partial charge in [0.2, 0.25) is 0 Å². The molecule has 0 amide bonds. The van der Waals surface area contributed by atoms with Crippen molar-refractivity contribution >= 4 is 16.6 Å². The molecule has 0 radical (unpaired) electrons. The summed E-state index contributed by atoms with van der Waals surface area (Å²) in [5.41, 5.74) is 3.71. The lowest BCUT2D eigenvalue weighted by atomic mass is 9.98. The molecule has 1 heteroatoms. The topological polar surface area (TPSA) is 17.1 Å². The molecule has 4 aromatic rings. The molecule has 0 aliphatic heterocycles. The molecule has 4 rings (SSSR count). The number of carbonyl (C=O) groups is 1. The molecule has 0 aliphatic carbocycles. The van der Waals surface area contributed by atoms with Crippen LogP contribution in [0.2, 0.25) is 0 Å². The van der Waals surface area contributed by atoms with E-state index in [1.54, 1.807) is 0 Å². The summed E-state index contributed by atoms with van der Waals surface area (Å²) in [5.74, 6) is 0.0562. The Morgan fingerprint density at radius 1 is 0.500 bits per heavy atom. The standard InChI is InChI=1S/C23H16O/c24-23(19-7-2-1-3-8-19)20-13-10-18(11-14-20)22-15-12-17-6-4-5-9-21(17)16-22/h1-16H. The average Bonchev–Trinajstić information content (AvgIpc) is 2.68. The van der Waals surface area contributed by atoms with Gasteiger partial charge in [0.25, 0.3) is 0 Å². The lowest BCUT2D eigenvalue weighted by Gasteiger charge is -2.06. The van der Waals surface area contributed by atoms with Crippen LogP contribution in [-0.2, 0) is 0 Å². The highest BCUT2D eigenvalue weighted by molar-refractivity contribution is 6.09. The number of rotatable bonds is 3. The van der Waals surface area contributed by atoms with E-state index in [1.165, 1.54) is 10.8 Å². The van der Waals surface area contributed by atoms with Crippen molar-refractivity contribution in [3.05, 3.63) is 108 Å². The predicted molar refractivity (Wildman–Crippen MR) is 99.3 cm³/mol. The molecule has 4 aromatic carbocycles. The number of hydrogen-bond acceptors (Lipinski definition) is 1. The number of benzene rings is 4. The van der Waals surface area contributed by atoms with Gasteiger partial charge in [-0.1, -0.05) is 91.0 Å². The lowest BCUT2D eigenvalue weighted by molar-refractivity contribution is 0.103. The average molecular weight is 308 g/mol. The van der Waals surface area contributed by atoms with Gasteiger partial charge in [-0.05, 0) is 28.0 Å². The fourth-order valence-electron chi connectivity index (χ4n) is 2.94. The van der Waals surface area contributed by atoms with Crippen LogP contribution in [0.15, 0.2) is 97.1 Å². The largest absolute Gasteiger partial charge is 0.289 e. The Morgan fingerprint density at radius 3 is 1.83 bits per heavy atom. The molecule has 24 heavy (non-hydrogen) atoms. The number of ketones is 1. The van der Waals surface area contributed by atoms with Gasteiger partial charge in [0.05, 0.1) is 0 Å². The van der Waals surface area contributed by atoms with Crippen molar-refractivity contribution < 1.29 is 4.79 Å². The summed E-state index contributed by atoms with van der Waals surface area (Å²) in [4.78, 5) is 12.5. The van der Waals surface area contributed by atoms with E-state index in [-0.39, 0.29) is 5.78 Å². The maximum atomic E-state index is 12.5. The Hall–Kier alpha value is -3.19. The van der Waals surface area contributed by atoms with Gasteiger partial charge in [-0.25, -0.2) is 0 Å². The summed E-state index contributed by atoms with van der Waals surface area (Å²) in [6.45, 7) is 0. The van der Waals surface area contributed by atoms with E-state index in [0.717, 1.165) is 16.7 Å². The van der Waals surface area contributed by atoms with Crippen LogP contribution in [-0.4, -0.2) is 5.78 Å². The number of carbonyl (C=O) groups excluding carboxylic acids is 1. The summed E-state index contributed by atoms with van der Waals surface area (Å²) < 4.78 is 0. The molecule has 0 heterocycles. The van der Waals surface area contributed by atoms with Crippen LogP contribution < -0.4 is 0 Å². The molecule has 1 nitrogen and oxygen atoms in total. The van der Waals surface area contributed by atoms with Crippen molar-refractivity contribution in [3.8, 4) is 11.1 Å². The molecule has 0 aliphatic rings. The fourth-order valence-corrected chi connectivity index (χ4v) is 2.94. The highest BCUT2D eigenvalue weighted by Crippen LogP contribution is 2.25. The maximum absolute atomic E-state index is 12.5. The monoisotopic (exact) mass is 308 g/mol. The zero-order valence-corrected chi connectivity index (χ0v) is 13.1. The molecule has 0 unspecified atom stereocenters. The minimum Gasteiger partial charge on any atom is -0.289 e. The molecule has 0 N–H and O–H groups in total. The number of hydrogen-bond donors (Lipinski definition) is 0. The fraction of sp³-hybridized carbons (Fsp3) is 0. The van der Waals surface area contributed by atoms with Gasteiger partial charge in [0.1, 0.15) is 0 Å². The third kappa shape index (κ3) is 2.72. The molecular weight excluding hydrogens is 292 g/mol. The second-order valence-corrected chi connectivity index (χ2v) is 5.83. The molecule has 0 fully saturated rings. The molecule has 0 bridgehead atoms. The third-order valence-electron chi connectivity index (χ3n) is 4.27. The predicted octanol–water partition coefficient (Wildman–Crippen LogP) is 5.74. The van der Waals surface area contributed by atoms with Gasteiger partial charge in [0, 0.05) is 11.1 Å². The van der Waals surface area contributed by atoms with Crippen LogP contribution in [0, 0.1) is 0 Å². The number of fused-ring (bicyclic) bond motifs is 1. The van der Waals surface area contributed by atoms with E-state index in [9.17, 15) is 4.79 Å². The zero-order valence-electron chi connectivity index (χ0n) is 13.1. The third-order valence-corrected chi connectivity index (χ3v) is 4.27. The summed E-state index contributed by atoms with van der Waals surface area (Å²) in [7, 11) is 0. The van der Waals surface area contributed by atoms with Crippen molar-refractivity contribution in [1.82, 2.24) is 0 Å². The van der Waals surface area contributed by atoms with Gasteiger partial charge >= 0.3 is 0 Å². The molecule has 114 valence electrons. The second-order valence-electron chi connectivity index (χ2n) is 5.83. The van der Waals surface area contributed by atoms with E-state index in [0.29, 0.717) is 5.56 Å². The SMILES string of the molecule is O=C(c1ccccc1)c1ccc(-c2ccc3ccccc3c2)cc1. The van der Waals surface area contributed by atoms with Crippen molar-refractivity contribution in [3.63, 3.8) is 0 Å². The van der Waals surface area contributed by atoms with Crippen LogP contribution in [0.5, 0.6) is 0 Å². The first kappa shape index (κ1) is 14.4. The van der Waals surface area contributed by atoms with Crippen LogP contribution in [0.3, 0.4) is 0 Å². The highest BCUT2D eigenvalue weighted by Gasteiger charge is 2.08. The van der Waals surface area contributed by atoms with Crippen LogP contribution in [0.4, 0.5) is 0 Å². The Labute approximate surface area is 141 Å². The summed E-state index contributed by atoms with van der Waals surface area (Å²) >= 11 is 0. The minimum absolute atomic E-state index is 0.0562. The van der Waals surface area contributed by atoms with Crippen LogP contribution >= 0.6 is 0 Å². The van der Waals surface area contributed by atoms with Gasteiger partial charge < -0.3 is 0 Å². The quantitative estimate of drug-likeness (QED) is 0.441. The zero-order chi connectivity index (χ0) is 16.4. The van der Waals surface area contributed by atoms with Gasteiger partial charge in [-0.3, -0.25) is 4.79 Å². The van der Waals surface area contributed by atoms with Gasteiger partial charge in [-0.2, -0.15) is 0 Å². The molecule has 0 atom stereocenters. The Morgan fingerprint density at radius 2 is 1.08 bits per heavy atom. The first-order valence-electron chi connectivity index (χ1n) is 8.00. The minimum atomic E-state index is 0.0562. The Kier molecular flexibility index (Phi) is 3.68. The Bertz CT molecular complexity index is 999. The van der Waals surface area contributed by atoms with Gasteiger partial charge in [0.15, 0.2) is 5.78 Å². The van der Waals surface area contributed by atoms with Crippen molar-refractivity contribution in [1.29, 1.82) is 0 Å². The maximum Gasteiger partial charge on any atom is 0.193 e. The second kappa shape index (κ2) is 6.13.